The average molecular weight is 453 g/mol. The van der Waals surface area contributed by atoms with Gasteiger partial charge < -0.3 is 10.2 Å². The molecule has 0 bridgehead atoms. The fourth-order valence-electron chi connectivity index (χ4n) is 5.81. The number of piperidine rings is 2. The van der Waals surface area contributed by atoms with Crippen LogP contribution in [0.15, 0.2) is 18.2 Å². The molecule has 2 N–H and O–H groups in total. The number of imide groups is 1. The Kier molecular flexibility index (Phi) is 5.91. The second kappa shape index (κ2) is 8.72. The van der Waals surface area contributed by atoms with Crippen molar-refractivity contribution in [3.63, 3.8) is 0 Å². The third-order valence-electron chi connectivity index (χ3n) is 7.81. The number of anilines is 1. The van der Waals surface area contributed by atoms with E-state index >= 15 is 0 Å². The van der Waals surface area contributed by atoms with Gasteiger partial charge in [-0.25, -0.2) is 0 Å². The maximum absolute atomic E-state index is 12.4. The average Bonchev–Trinajstić information content (AvgIpc) is 3.11. The molecule has 178 valence electrons. The molecular weight excluding hydrogens is 416 g/mol. The van der Waals surface area contributed by atoms with Crippen LogP contribution in [0.2, 0.25) is 0 Å². The summed E-state index contributed by atoms with van der Waals surface area (Å²) in [7, 11) is 1.93. The number of nitrogens with zero attached hydrogens (tertiary/aromatic N) is 4. The molecule has 3 aliphatic heterocycles. The van der Waals surface area contributed by atoms with Crippen LogP contribution in [-0.4, -0.2) is 71.3 Å². The summed E-state index contributed by atoms with van der Waals surface area (Å²) in [6.07, 6.45) is 3.45. The molecule has 2 amide bonds. The predicted molar refractivity (Wildman–Crippen MR) is 129 cm³/mol. The van der Waals surface area contributed by atoms with Gasteiger partial charge in [0.2, 0.25) is 11.8 Å². The van der Waals surface area contributed by atoms with Gasteiger partial charge in [-0.2, -0.15) is 5.10 Å². The summed E-state index contributed by atoms with van der Waals surface area (Å²) in [4.78, 5) is 29.1. The largest absolute Gasteiger partial charge is 0.368 e. The van der Waals surface area contributed by atoms with Crippen molar-refractivity contribution in [2.24, 2.45) is 13.0 Å². The second-order valence-electron chi connectivity index (χ2n) is 10.6. The van der Waals surface area contributed by atoms with Gasteiger partial charge in [-0.3, -0.25) is 24.5 Å². The number of rotatable bonds is 4. The molecule has 1 unspecified atom stereocenters. The van der Waals surface area contributed by atoms with Crippen LogP contribution < -0.4 is 15.5 Å². The highest BCUT2D eigenvalue weighted by molar-refractivity contribution is 6.02. The third-order valence-corrected chi connectivity index (χ3v) is 7.81. The smallest absolute Gasteiger partial charge is 0.235 e. The van der Waals surface area contributed by atoms with Gasteiger partial charge in [0, 0.05) is 56.3 Å². The maximum atomic E-state index is 12.4. The van der Waals surface area contributed by atoms with Gasteiger partial charge in [0.15, 0.2) is 0 Å². The predicted octanol–water partition coefficient (Wildman–Crippen LogP) is 1.99. The van der Waals surface area contributed by atoms with E-state index in [1.54, 1.807) is 0 Å². The Morgan fingerprint density at radius 2 is 1.91 bits per heavy atom. The van der Waals surface area contributed by atoms with Crippen molar-refractivity contribution < 1.29 is 9.59 Å². The number of aryl methyl sites for hydroxylation is 1. The van der Waals surface area contributed by atoms with E-state index in [0.29, 0.717) is 12.8 Å². The van der Waals surface area contributed by atoms with Gasteiger partial charge in [0.25, 0.3) is 0 Å². The molecule has 33 heavy (non-hydrogen) atoms. The molecule has 3 aliphatic rings. The lowest BCUT2D eigenvalue weighted by molar-refractivity contribution is -0.134. The fraction of sp³-hybridized carbons (Fsp3) is 0.640. The first kappa shape index (κ1) is 22.3. The van der Waals surface area contributed by atoms with Crippen LogP contribution in [0, 0.1) is 5.92 Å². The van der Waals surface area contributed by atoms with Crippen LogP contribution in [0.5, 0.6) is 0 Å². The summed E-state index contributed by atoms with van der Waals surface area (Å²) < 4.78 is 1.87. The molecule has 1 aromatic heterocycles. The number of nitrogens with one attached hydrogen (secondary N) is 2. The molecule has 3 fully saturated rings. The zero-order chi connectivity index (χ0) is 23.2. The van der Waals surface area contributed by atoms with E-state index in [-0.39, 0.29) is 23.3 Å². The van der Waals surface area contributed by atoms with Gasteiger partial charge in [-0.15, -0.1) is 0 Å². The topological polar surface area (TPSA) is 82.5 Å². The maximum Gasteiger partial charge on any atom is 0.235 e. The zero-order valence-electron chi connectivity index (χ0n) is 20.1. The van der Waals surface area contributed by atoms with Crippen LogP contribution in [0.25, 0.3) is 10.9 Å². The van der Waals surface area contributed by atoms with Gasteiger partial charge in [-0.05, 0) is 70.3 Å². The Balaban J connectivity index is 1.34. The molecule has 0 aliphatic carbocycles. The lowest BCUT2D eigenvalue weighted by atomic mass is 9.92. The molecule has 1 atom stereocenters. The minimum atomic E-state index is -0.366. The number of aromatic nitrogens is 2. The molecule has 5 rings (SSSR count). The molecule has 0 radical (unpaired) electrons. The normalized spacial score (nSPS) is 24.9. The Hall–Kier alpha value is -2.45. The Bertz CT molecular complexity index is 1050. The molecule has 0 saturated carbocycles. The van der Waals surface area contributed by atoms with Crippen LogP contribution >= 0.6 is 0 Å². The standard InChI is InChI=1S/C25H36N6O2/c1-25(2)16-30(12-13-31(25)15-17-8-10-26-11-9-17)18-4-5-19-21(14-18)29(3)28-23(19)20-6-7-22(32)27-24(20)33/h4-5,14,17,20,26H,6-13,15-16H2,1-3H3,(H,27,32,33). The quantitative estimate of drug-likeness (QED) is 0.691. The number of hydrogen-bond donors (Lipinski definition) is 2. The van der Waals surface area contributed by atoms with Gasteiger partial charge in [-0.1, -0.05) is 0 Å². The number of fused-ring (bicyclic) bond motifs is 1. The van der Waals surface area contributed by atoms with Crippen molar-refractivity contribution in [2.45, 2.75) is 51.0 Å². The van der Waals surface area contributed by atoms with Crippen molar-refractivity contribution in [1.29, 1.82) is 0 Å². The highest BCUT2D eigenvalue weighted by Crippen LogP contribution is 2.34. The minimum absolute atomic E-state index is 0.114. The highest BCUT2D eigenvalue weighted by Gasteiger charge is 2.36. The molecule has 0 spiro atoms. The van der Waals surface area contributed by atoms with E-state index in [2.05, 4.69) is 52.5 Å². The van der Waals surface area contributed by atoms with E-state index in [1.165, 1.54) is 25.1 Å². The van der Waals surface area contributed by atoms with Crippen molar-refractivity contribution in [2.75, 3.05) is 44.2 Å². The fourth-order valence-corrected chi connectivity index (χ4v) is 5.81. The summed E-state index contributed by atoms with van der Waals surface area (Å²) in [5.41, 5.74) is 3.12. The van der Waals surface area contributed by atoms with Crippen LogP contribution in [-0.2, 0) is 16.6 Å². The number of piperazine rings is 1. The van der Waals surface area contributed by atoms with Crippen molar-refractivity contribution in [3.8, 4) is 0 Å². The lowest BCUT2D eigenvalue weighted by Crippen LogP contribution is -2.60. The molecule has 1 aromatic carbocycles. The third kappa shape index (κ3) is 4.38. The van der Waals surface area contributed by atoms with E-state index in [1.807, 2.05) is 11.7 Å². The first-order chi connectivity index (χ1) is 15.8. The summed E-state index contributed by atoms with van der Waals surface area (Å²) in [6, 6.07) is 6.47. The summed E-state index contributed by atoms with van der Waals surface area (Å²) in [5, 5.41) is 11.6. The summed E-state index contributed by atoms with van der Waals surface area (Å²) in [6.45, 7) is 11.3. The SMILES string of the molecule is Cn1nc(C2CCC(=O)NC2=O)c2ccc(N3CCN(CC4CCNCC4)C(C)(C)C3)cc21. The van der Waals surface area contributed by atoms with E-state index < -0.39 is 0 Å². The number of amides is 2. The zero-order valence-corrected chi connectivity index (χ0v) is 20.1. The molecule has 3 saturated heterocycles. The van der Waals surface area contributed by atoms with E-state index in [9.17, 15) is 9.59 Å². The Morgan fingerprint density at radius 3 is 2.64 bits per heavy atom. The number of hydrogen-bond acceptors (Lipinski definition) is 6. The number of benzene rings is 1. The van der Waals surface area contributed by atoms with Gasteiger partial charge >= 0.3 is 0 Å². The first-order valence-electron chi connectivity index (χ1n) is 12.3. The van der Waals surface area contributed by atoms with Crippen molar-refractivity contribution in [3.05, 3.63) is 23.9 Å². The molecule has 4 heterocycles. The van der Waals surface area contributed by atoms with Crippen molar-refractivity contribution in [1.82, 2.24) is 25.3 Å². The molecule has 2 aromatic rings. The highest BCUT2D eigenvalue weighted by atomic mass is 16.2. The monoisotopic (exact) mass is 452 g/mol. The van der Waals surface area contributed by atoms with E-state index in [4.69, 9.17) is 5.10 Å². The minimum Gasteiger partial charge on any atom is -0.368 e. The van der Waals surface area contributed by atoms with Crippen LogP contribution in [0.3, 0.4) is 0 Å². The second-order valence-corrected chi connectivity index (χ2v) is 10.6. The van der Waals surface area contributed by atoms with Crippen LogP contribution in [0.4, 0.5) is 5.69 Å². The summed E-state index contributed by atoms with van der Waals surface area (Å²) in [5.74, 6) is 0.00548. The van der Waals surface area contributed by atoms with Crippen molar-refractivity contribution >= 4 is 28.4 Å². The molecule has 8 nitrogen and oxygen atoms in total. The number of carbonyl (C=O) groups excluding carboxylic acids is 2. The van der Waals surface area contributed by atoms with Gasteiger partial charge in [0.05, 0.1) is 17.1 Å². The lowest BCUT2D eigenvalue weighted by Gasteiger charge is -2.49. The Morgan fingerprint density at radius 1 is 1.12 bits per heavy atom. The van der Waals surface area contributed by atoms with E-state index in [0.717, 1.165) is 55.2 Å². The van der Waals surface area contributed by atoms with Gasteiger partial charge in [0.1, 0.15) is 0 Å². The summed E-state index contributed by atoms with van der Waals surface area (Å²) >= 11 is 0. The number of carbonyl (C=O) groups is 2. The molecular formula is C25H36N6O2. The molecule has 8 heteroatoms. The van der Waals surface area contributed by atoms with Crippen LogP contribution in [0.1, 0.15) is 51.1 Å². The first-order valence-corrected chi connectivity index (χ1v) is 12.3. The Labute approximate surface area is 195 Å².